The van der Waals surface area contributed by atoms with E-state index in [4.69, 9.17) is 9.47 Å². The molecule has 0 unspecified atom stereocenters. The Morgan fingerprint density at radius 2 is 2.00 bits per heavy atom. The molecular weight excluding hydrogens is 375 g/mol. The summed E-state index contributed by atoms with van der Waals surface area (Å²) < 4.78 is 23.0. The van der Waals surface area contributed by atoms with Crippen LogP contribution in [0.5, 0.6) is 5.75 Å². The zero-order valence-corrected chi connectivity index (χ0v) is 14.9. The Morgan fingerprint density at radius 1 is 1.26 bits per heavy atom. The number of methoxy groups -OCH3 is 1. The lowest BCUT2D eigenvalue weighted by molar-refractivity contribution is -0.385. The highest BCUT2D eigenvalue weighted by atomic mass is 32.1. The Kier molecular flexibility index (Phi) is 5.41. The molecular formula is C18H13FN2O5S. The van der Waals surface area contributed by atoms with Crippen LogP contribution in [0.4, 0.5) is 10.1 Å². The van der Waals surface area contributed by atoms with E-state index in [-0.39, 0.29) is 29.4 Å². The van der Waals surface area contributed by atoms with Gasteiger partial charge in [-0.3, -0.25) is 10.1 Å². The third-order valence-electron chi connectivity index (χ3n) is 3.61. The summed E-state index contributed by atoms with van der Waals surface area (Å²) in [5.74, 6) is -0.991. The Hall–Kier alpha value is -3.33. The van der Waals surface area contributed by atoms with Crippen molar-refractivity contribution in [2.24, 2.45) is 0 Å². The molecule has 0 bridgehead atoms. The van der Waals surface area contributed by atoms with Gasteiger partial charge >= 0.3 is 11.7 Å². The van der Waals surface area contributed by atoms with Gasteiger partial charge < -0.3 is 9.47 Å². The van der Waals surface area contributed by atoms with Crippen LogP contribution in [0.3, 0.4) is 0 Å². The maximum absolute atomic E-state index is 13.0. The Labute approximate surface area is 157 Å². The number of benzene rings is 2. The van der Waals surface area contributed by atoms with E-state index in [0.717, 1.165) is 11.6 Å². The Balaban J connectivity index is 1.68. The fourth-order valence-electron chi connectivity index (χ4n) is 2.28. The van der Waals surface area contributed by atoms with E-state index in [2.05, 4.69) is 4.98 Å². The highest BCUT2D eigenvalue weighted by Crippen LogP contribution is 2.28. The molecule has 9 heteroatoms. The smallest absolute Gasteiger partial charge is 0.338 e. The standard InChI is InChI=1S/C18H13FN2O5S/c1-25-16-7-4-12(8-15(16)21(23)24)18(22)26-9-14-10-27-17(20-14)11-2-5-13(19)6-3-11/h2-8,10H,9H2,1H3. The normalized spacial score (nSPS) is 10.4. The minimum absolute atomic E-state index is 0.0384. The molecule has 0 aliphatic carbocycles. The van der Waals surface area contributed by atoms with Crippen LogP contribution in [0.25, 0.3) is 10.6 Å². The number of carbonyl (C=O) groups is 1. The van der Waals surface area contributed by atoms with Gasteiger partial charge in [0.25, 0.3) is 0 Å². The lowest BCUT2D eigenvalue weighted by Crippen LogP contribution is -2.06. The van der Waals surface area contributed by atoms with Crippen molar-refractivity contribution in [2.45, 2.75) is 6.61 Å². The first-order valence-corrected chi connectivity index (χ1v) is 8.56. The molecule has 0 fully saturated rings. The van der Waals surface area contributed by atoms with Gasteiger partial charge in [0.15, 0.2) is 5.75 Å². The molecule has 0 saturated heterocycles. The topological polar surface area (TPSA) is 91.6 Å². The van der Waals surface area contributed by atoms with E-state index in [0.29, 0.717) is 10.7 Å². The number of carbonyl (C=O) groups excluding carboxylic acids is 1. The van der Waals surface area contributed by atoms with Gasteiger partial charge in [0.1, 0.15) is 17.4 Å². The van der Waals surface area contributed by atoms with E-state index in [1.54, 1.807) is 17.5 Å². The fraction of sp³-hybridized carbons (Fsp3) is 0.111. The third-order valence-corrected chi connectivity index (χ3v) is 4.55. The summed E-state index contributed by atoms with van der Waals surface area (Å²) in [5.41, 5.74) is 0.996. The molecule has 0 atom stereocenters. The van der Waals surface area contributed by atoms with Crippen LogP contribution in [0.2, 0.25) is 0 Å². The van der Waals surface area contributed by atoms with E-state index in [1.807, 2.05) is 0 Å². The van der Waals surface area contributed by atoms with E-state index < -0.39 is 10.9 Å². The lowest BCUT2D eigenvalue weighted by Gasteiger charge is -2.05. The molecule has 3 rings (SSSR count). The molecule has 7 nitrogen and oxygen atoms in total. The number of esters is 1. The van der Waals surface area contributed by atoms with Gasteiger partial charge in [0.2, 0.25) is 0 Å². The third kappa shape index (κ3) is 4.26. The molecule has 0 aliphatic heterocycles. The van der Waals surface area contributed by atoms with Crippen LogP contribution in [-0.2, 0) is 11.3 Å². The van der Waals surface area contributed by atoms with Crippen LogP contribution in [0.15, 0.2) is 47.8 Å². The minimum Gasteiger partial charge on any atom is -0.490 e. The first-order valence-electron chi connectivity index (χ1n) is 7.68. The maximum atomic E-state index is 13.0. The monoisotopic (exact) mass is 388 g/mol. The molecule has 0 spiro atoms. The van der Waals surface area contributed by atoms with Crippen molar-refractivity contribution in [2.75, 3.05) is 7.11 Å². The van der Waals surface area contributed by atoms with Crippen LogP contribution in [0, 0.1) is 15.9 Å². The second-order valence-corrected chi connectivity index (χ2v) is 6.23. The number of nitro groups is 1. The Morgan fingerprint density at radius 3 is 2.67 bits per heavy atom. The van der Waals surface area contributed by atoms with Gasteiger partial charge in [-0.15, -0.1) is 11.3 Å². The molecule has 0 aliphatic rings. The fourth-order valence-corrected chi connectivity index (χ4v) is 3.09. The summed E-state index contributed by atoms with van der Waals surface area (Å²) in [6.07, 6.45) is 0. The molecule has 0 N–H and O–H groups in total. The molecule has 27 heavy (non-hydrogen) atoms. The number of rotatable bonds is 6. The van der Waals surface area contributed by atoms with Crippen molar-refractivity contribution in [3.05, 3.63) is 75.0 Å². The van der Waals surface area contributed by atoms with Crippen LogP contribution in [0.1, 0.15) is 16.1 Å². The number of ether oxygens (including phenoxy) is 2. The second kappa shape index (κ2) is 7.92. The molecule has 2 aromatic carbocycles. The molecule has 1 heterocycles. The molecule has 0 saturated carbocycles. The number of halogens is 1. The van der Waals surface area contributed by atoms with Gasteiger partial charge in [-0.2, -0.15) is 0 Å². The van der Waals surface area contributed by atoms with Gasteiger partial charge in [-0.25, -0.2) is 14.2 Å². The largest absolute Gasteiger partial charge is 0.490 e. The van der Waals surface area contributed by atoms with Crippen LogP contribution < -0.4 is 4.74 Å². The molecule has 0 radical (unpaired) electrons. The Bertz CT molecular complexity index is 988. The van der Waals surface area contributed by atoms with Gasteiger partial charge in [0, 0.05) is 17.0 Å². The molecule has 3 aromatic rings. The predicted molar refractivity (Wildman–Crippen MR) is 96.3 cm³/mol. The number of nitro benzene ring substituents is 1. The summed E-state index contributed by atoms with van der Waals surface area (Å²) >= 11 is 1.34. The van der Waals surface area contributed by atoms with Gasteiger partial charge in [0.05, 0.1) is 23.3 Å². The van der Waals surface area contributed by atoms with E-state index >= 15 is 0 Å². The summed E-state index contributed by atoms with van der Waals surface area (Å²) in [4.78, 5) is 26.9. The van der Waals surface area contributed by atoms with Crippen LogP contribution >= 0.6 is 11.3 Å². The van der Waals surface area contributed by atoms with Gasteiger partial charge in [-0.1, -0.05) is 0 Å². The first-order chi connectivity index (χ1) is 13.0. The number of aromatic nitrogens is 1. The number of nitrogens with zero attached hydrogens (tertiary/aromatic N) is 2. The van der Waals surface area contributed by atoms with Crippen molar-refractivity contribution in [1.29, 1.82) is 0 Å². The minimum atomic E-state index is -0.711. The zero-order chi connectivity index (χ0) is 19.4. The molecule has 138 valence electrons. The average molecular weight is 388 g/mol. The average Bonchev–Trinajstić information content (AvgIpc) is 3.15. The van der Waals surface area contributed by atoms with E-state index in [1.165, 1.54) is 42.7 Å². The van der Waals surface area contributed by atoms with Crippen molar-refractivity contribution in [3.63, 3.8) is 0 Å². The van der Waals surface area contributed by atoms with Crippen LogP contribution in [-0.4, -0.2) is 23.0 Å². The van der Waals surface area contributed by atoms with Crippen molar-refractivity contribution >= 4 is 23.0 Å². The quantitative estimate of drug-likeness (QED) is 0.357. The summed E-state index contributed by atoms with van der Waals surface area (Å²) in [6, 6.07) is 9.73. The maximum Gasteiger partial charge on any atom is 0.338 e. The predicted octanol–water partition coefficient (Wildman–Crippen LogP) is 4.22. The highest BCUT2D eigenvalue weighted by molar-refractivity contribution is 7.13. The van der Waals surface area contributed by atoms with Crippen molar-refractivity contribution in [1.82, 2.24) is 4.98 Å². The summed E-state index contributed by atoms with van der Waals surface area (Å²) in [5, 5.41) is 13.4. The SMILES string of the molecule is COc1ccc(C(=O)OCc2csc(-c3ccc(F)cc3)n2)cc1[N+](=O)[O-]. The zero-order valence-electron chi connectivity index (χ0n) is 14.0. The summed E-state index contributed by atoms with van der Waals surface area (Å²) in [6.45, 7) is -0.0869. The number of hydrogen-bond donors (Lipinski definition) is 0. The van der Waals surface area contributed by atoms with Crippen molar-refractivity contribution < 1.29 is 23.6 Å². The second-order valence-electron chi connectivity index (χ2n) is 5.37. The summed E-state index contributed by atoms with van der Waals surface area (Å²) in [7, 11) is 1.31. The number of thiazole rings is 1. The first kappa shape index (κ1) is 18.5. The molecule has 1 aromatic heterocycles. The highest BCUT2D eigenvalue weighted by Gasteiger charge is 2.19. The van der Waals surface area contributed by atoms with Gasteiger partial charge in [-0.05, 0) is 36.4 Å². The van der Waals surface area contributed by atoms with E-state index in [9.17, 15) is 19.3 Å². The number of hydrogen-bond acceptors (Lipinski definition) is 7. The molecule has 0 amide bonds. The van der Waals surface area contributed by atoms with Crippen molar-refractivity contribution in [3.8, 4) is 16.3 Å². The lowest BCUT2D eigenvalue weighted by atomic mass is 10.2.